The maximum absolute atomic E-state index is 12.7. The van der Waals surface area contributed by atoms with Crippen LogP contribution in [0.4, 0.5) is 11.4 Å². The minimum absolute atomic E-state index is 0.0388. The van der Waals surface area contributed by atoms with Gasteiger partial charge in [-0.2, -0.15) is 0 Å². The first-order chi connectivity index (χ1) is 14.1. The summed E-state index contributed by atoms with van der Waals surface area (Å²) in [6, 6.07) is 9.19. The van der Waals surface area contributed by atoms with Crippen LogP contribution in [0.3, 0.4) is 0 Å². The molecule has 30 heavy (non-hydrogen) atoms. The number of piperidine rings is 1. The molecule has 2 aromatic rings. The molecule has 4 rings (SSSR count). The molecule has 2 heterocycles. The molecule has 1 fully saturated rings. The zero-order chi connectivity index (χ0) is 21.7. The number of carbonyl (C=O) groups excluding carboxylic acids is 1. The number of nitrogens with two attached hydrogens (primary N) is 1. The summed E-state index contributed by atoms with van der Waals surface area (Å²) < 4.78 is 29.3. The summed E-state index contributed by atoms with van der Waals surface area (Å²) in [5.41, 5.74) is 0.953. The highest BCUT2D eigenvalue weighted by Gasteiger charge is 2.43. The number of sulfonamides is 1. The molecule has 2 aliphatic heterocycles. The molecule has 0 atom stereocenters. The first-order valence-corrected chi connectivity index (χ1v) is 11.0. The lowest BCUT2D eigenvalue weighted by molar-refractivity contribution is -0.384. The van der Waals surface area contributed by atoms with Crippen LogP contribution in [0.1, 0.15) is 35.2 Å². The van der Waals surface area contributed by atoms with E-state index in [4.69, 9.17) is 9.88 Å². The second kappa shape index (κ2) is 7.06. The summed E-state index contributed by atoms with van der Waals surface area (Å²) in [4.78, 5) is 25.1. The fourth-order valence-electron chi connectivity index (χ4n) is 4.14. The molecule has 158 valence electrons. The molecule has 2 N–H and O–H groups in total. The number of ether oxygens (including phenoxy) is 1. The van der Waals surface area contributed by atoms with Crippen molar-refractivity contribution in [3.05, 3.63) is 57.6 Å². The maximum Gasteiger partial charge on any atom is 0.293 e. The van der Waals surface area contributed by atoms with Crippen LogP contribution in [0.15, 0.2) is 41.3 Å². The Kier molecular flexibility index (Phi) is 4.78. The number of nitro groups is 1. The Labute approximate surface area is 173 Å². The molecule has 0 aromatic heterocycles. The number of carbonyl (C=O) groups is 1. The van der Waals surface area contributed by atoms with Gasteiger partial charge in [-0.3, -0.25) is 14.9 Å². The van der Waals surface area contributed by atoms with Crippen molar-refractivity contribution in [1.82, 2.24) is 0 Å². The molecule has 0 bridgehead atoms. The van der Waals surface area contributed by atoms with Crippen LogP contribution < -0.4 is 14.8 Å². The molecular weight excluding hydrogens is 410 g/mol. The summed E-state index contributed by atoms with van der Waals surface area (Å²) in [6.45, 7) is 2.79. The van der Waals surface area contributed by atoms with E-state index in [2.05, 4.69) is 0 Å². The first-order valence-electron chi connectivity index (χ1n) is 9.47. The van der Waals surface area contributed by atoms with Crippen LogP contribution in [-0.2, 0) is 10.0 Å². The van der Waals surface area contributed by atoms with E-state index in [0.29, 0.717) is 42.9 Å². The van der Waals surface area contributed by atoms with Gasteiger partial charge in [0, 0.05) is 32.0 Å². The number of hydrogen-bond acceptors (Lipinski definition) is 7. The number of nitrogens with zero attached hydrogens (tertiary/aromatic N) is 2. The van der Waals surface area contributed by atoms with Crippen molar-refractivity contribution in [3.63, 3.8) is 0 Å². The lowest BCUT2D eigenvalue weighted by atomic mass is 9.82. The Hall–Kier alpha value is -2.98. The molecule has 10 heteroatoms. The van der Waals surface area contributed by atoms with Gasteiger partial charge in [-0.1, -0.05) is 11.6 Å². The third-order valence-corrected chi connectivity index (χ3v) is 6.64. The lowest BCUT2D eigenvalue weighted by Crippen LogP contribution is -2.51. The lowest BCUT2D eigenvalue weighted by Gasteiger charge is -2.44. The van der Waals surface area contributed by atoms with Gasteiger partial charge in [0.1, 0.15) is 17.0 Å². The summed E-state index contributed by atoms with van der Waals surface area (Å²) >= 11 is 0. The predicted octanol–water partition coefficient (Wildman–Crippen LogP) is 2.56. The van der Waals surface area contributed by atoms with Crippen LogP contribution >= 0.6 is 0 Å². The topological polar surface area (TPSA) is 133 Å². The molecule has 9 nitrogen and oxygen atoms in total. The molecule has 1 saturated heterocycles. The largest absolute Gasteiger partial charge is 0.486 e. The predicted molar refractivity (Wildman–Crippen MR) is 109 cm³/mol. The quantitative estimate of drug-likeness (QED) is 0.583. The zero-order valence-corrected chi connectivity index (χ0v) is 17.1. The molecule has 0 saturated carbocycles. The number of ketones is 1. The third-order valence-electron chi connectivity index (χ3n) is 5.73. The molecule has 2 aromatic carbocycles. The van der Waals surface area contributed by atoms with Crippen molar-refractivity contribution in [2.75, 3.05) is 18.0 Å². The van der Waals surface area contributed by atoms with Gasteiger partial charge in [0.15, 0.2) is 5.78 Å². The van der Waals surface area contributed by atoms with Crippen molar-refractivity contribution >= 4 is 27.2 Å². The average Bonchev–Trinajstić information content (AvgIpc) is 2.68. The third kappa shape index (κ3) is 3.63. The number of Topliss-reactive ketones (excluding diaryl/α,β-unsaturated/α-hetero) is 1. The van der Waals surface area contributed by atoms with Crippen molar-refractivity contribution in [2.45, 2.75) is 36.7 Å². The fraction of sp³-hybridized carbons (Fsp3) is 0.350. The van der Waals surface area contributed by atoms with E-state index in [1.165, 1.54) is 12.1 Å². The standard InChI is InChI=1S/C20H21N3O6S/c1-13-2-5-19-15(10-13)18(24)12-20(29-19)6-8-22(9-7-20)16-4-3-14(30(21,27)28)11-17(16)23(25)26/h2-5,10-11H,6-9,12H2,1H3,(H2,21,27,28). The highest BCUT2D eigenvalue weighted by Crippen LogP contribution is 2.41. The molecular formula is C20H21N3O6S. The van der Waals surface area contributed by atoms with Gasteiger partial charge in [-0.15, -0.1) is 0 Å². The smallest absolute Gasteiger partial charge is 0.293 e. The average molecular weight is 431 g/mol. The van der Waals surface area contributed by atoms with Gasteiger partial charge >= 0.3 is 0 Å². The van der Waals surface area contributed by atoms with Gasteiger partial charge in [0.05, 0.1) is 21.8 Å². The maximum atomic E-state index is 12.7. The Morgan fingerprint density at radius 1 is 1.17 bits per heavy atom. The van der Waals surface area contributed by atoms with Gasteiger partial charge in [0.2, 0.25) is 10.0 Å². The summed E-state index contributed by atoms with van der Waals surface area (Å²) in [6.07, 6.45) is 1.30. The minimum atomic E-state index is -4.05. The van der Waals surface area contributed by atoms with Crippen molar-refractivity contribution < 1.29 is 22.9 Å². The number of fused-ring (bicyclic) bond motifs is 1. The van der Waals surface area contributed by atoms with Crippen LogP contribution in [0, 0.1) is 17.0 Å². The van der Waals surface area contributed by atoms with Crippen molar-refractivity contribution in [3.8, 4) is 5.75 Å². The number of hydrogen-bond donors (Lipinski definition) is 1. The van der Waals surface area contributed by atoms with E-state index in [9.17, 15) is 23.3 Å². The van der Waals surface area contributed by atoms with E-state index in [1.807, 2.05) is 30.0 Å². The zero-order valence-electron chi connectivity index (χ0n) is 16.3. The number of primary sulfonamides is 1. The molecule has 0 amide bonds. The monoisotopic (exact) mass is 431 g/mol. The van der Waals surface area contributed by atoms with Gasteiger partial charge in [-0.05, 0) is 31.2 Å². The van der Waals surface area contributed by atoms with Crippen LogP contribution in [-0.4, -0.2) is 37.8 Å². The number of rotatable bonds is 3. The molecule has 0 aliphatic carbocycles. The highest BCUT2D eigenvalue weighted by atomic mass is 32.2. The number of benzene rings is 2. The van der Waals surface area contributed by atoms with Gasteiger partial charge in [-0.25, -0.2) is 13.6 Å². The Morgan fingerprint density at radius 3 is 2.50 bits per heavy atom. The summed E-state index contributed by atoms with van der Waals surface area (Å²) in [5.74, 6) is 0.616. The van der Waals surface area contributed by atoms with Crippen LogP contribution in [0.5, 0.6) is 5.75 Å². The SMILES string of the molecule is Cc1ccc2c(c1)C(=O)CC1(CCN(c3ccc(S(N)(=O)=O)cc3[N+](=O)[O-])CC1)O2. The number of anilines is 1. The van der Waals surface area contributed by atoms with E-state index in [-0.39, 0.29) is 22.8 Å². The van der Waals surface area contributed by atoms with Crippen molar-refractivity contribution in [2.24, 2.45) is 5.14 Å². The van der Waals surface area contributed by atoms with Gasteiger partial charge in [0.25, 0.3) is 5.69 Å². The van der Waals surface area contributed by atoms with E-state index in [0.717, 1.165) is 11.6 Å². The van der Waals surface area contributed by atoms with Gasteiger partial charge < -0.3 is 9.64 Å². The fourth-order valence-corrected chi connectivity index (χ4v) is 4.67. The highest BCUT2D eigenvalue weighted by molar-refractivity contribution is 7.89. The second-order valence-corrected chi connectivity index (χ2v) is 9.39. The van der Waals surface area contributed by atoms with Crippen LogP contribution in [0.2, 0.25) is 0 Å². The Balaban J connectivity index is 1.58. The Bertz CT molecular complexity index is 1150. The molecule has 1 spiro atoms. The van der Waals surface area contributed by atoms with E-state index < -0.39 is 20.5 Å². The Morgan fingerprint density at radius 2 is 1.87 bits per heavy atom. The van der Waals surface area contributed by atoms with Crippen molar-refractivity contribution in [1.29, 1.82) is 0 Å². The molecule has 2 aliphatic rings. The first kappa shape index (κ1) is 20.3. The molecule has 0 radical (unpaired) electrons. The minimum Gasteiger partial charge on any atom is -0.486 e. The van der Waals surface area contributed by atoms with E-state index >= 15 is 0 Å². The number of aryl methyl sites for hydroxylation is 1. The molecule has 0 unspecified atom stereocenters. The normalized spacial score (nSPS) is 18.1. The number of nitro benzene ring substituents is 1. The summed E-state index contributed by atoms with van der Waals surface area (Å²) in [7, 11) is -4.05. The van der Waals surface area contributed by atoms with Crippen LogP contribution in [0.25, 0.3) is 0 Å². The second-order valence-electron chi connectivity index (χ2n) is 7.82. The van der Waals surface area contributed by atoms with E-state index in [1.54, 1.807) is 0 Å². The summed E-state index contributed by atoms with van der Waals surface area (Å²) in [5, 5.41) is 16.6.